The second kappa shape index (κ2) is 10.0. The zero-order chi connectivity index (χ0) is 14.9. The van der Waals surface area contributed by atoms with E-state index in [1.54, 1.807) is 7.11 Å². The summed E-state index contributed by atoms with van der Waals surface area (Å²) in [6, 6.07) is 15.2. The third-order valence-corrected chi connectivity index (χ3v) is 3.35. The lowest BCUT2D eigenvalue weighted by atomic mass is 10.00. The molecule has 2 aromatic rings. The van der Waals surface area contributed by atoms with Crippen LogP contribution in [-0.2, 0) is 4.74 Å². The second-order valence-electron chi connectivity index (χ2n) is 4.85. The largest absolute Gasteiger partial charge is 0.372 e. The SMILES string of the molecule is COCC#C/C=C/CN[C@H](C)c1cccc2ccccc12.Cl. The van der Waals surface area contributed by atoms with Crippen LogP contribution in [-0.4, -0.2) is 20.3 Å². The van der Waals surface area contributed by atoms with Crippen molar-refractivity contribution >= 4 is 23.2 Å². The van der Waals surface area contributed by atoms with Crippen molar-refractivity contribution in [2.24, 2.45) is 0 Å². The summed E-state index contributed by atoms with van der Waals surface area (Å²) >= 11 is 0. The molecule has 2 aromatic carbocycles. The average Bonchev–Trinajstić information content (AvgIpc) is 2.53. The molecule has 0 radical (unpaired) electrons. The van der Waals surface area contributed by atoms with E-state index in [1.807, 2.05) is 12.2 Å². The molecule has 0 saturated heterocycles. The predicted molar refractivity (Wildman–Crippen MR) is 96.4 cm³/mol. The van der Waals surface area contributed by atoms with Gasteiger partial charge in [-0.25, -0.2) is 0 Å². The highest BCUT2D eigenvalue weighted by Gasteiger charge is 2.07. The molecule has 3 heteroatoms. The molecule has 2 nitrogen and oxygen atoms in total. The van der Waals surface area contributed by atoms with Gasteiger partial charge in [0, 0.05) is 19.7 Å². The van der Waals surface area contributed by atoms with Gasteiger partial charge in [0.2, 0.25) is 0 Å². The highest BCUT2D eigenvalue weighted by atomic mass is 35.5. The molecule has 0 aliphatic heterocycles. The molecule has 0 heterocycles. The van der Waals surface area contributed by atoms with Crippen molar-refractivity contribution in [3.05, 3.63) is 60.2 Å². The first-order chi connectivity index (χ1) is 10.3. The average molecular weight is 316 g/mol. The van der Waals surface area contributed by atoms with E-state index in [4.69, 9.17) is 4.74 Å². The Balaban J connectivity index is 0.00000242. The monoisotopic (exact) mass is 315 g/mol. The van der Waals surface area contributed by atoms with Gasteiger partial charge in [-0.3, -0.25) is 0 Å². The summed E-state index contributed by atoms with van der Waals surface area (Å²) in [6.45, 7) is 3.46. The van der Waals surface area contributed by atoms with Crippen LogP contribution in [0.15, 0.2) is 54.6 Å². The predicted octanol–water partition coefficient (Wildman–Crippen LogP) is 4.12. The molecule has 0 amide bonds. The zero-order valence-corrected chi connectivity index (χ0v) is 13.8. The second-order valence-corrected chi connectivity index (χ2v) is 4.85. The minimum Gasteiger partial charge on any atom is -0.372 e. The number of rotatable bonds is 5. The van der Waals surface area contributed by atoms with Crippen LogP contribution in [0, 0.1) is 11.8 Å². The first kappa shape index (κ1) is 18.3. The number of hydrogen-bond acceptors (Lipinski definition) is 2. The van der Waals surface area contributed by atoms with Crippen LogP contribution in [0.1, 0.15) is 18.5 Å². The van der Waals surface area contributed by atoms with Gasteiger partial charge >= 0.3 is 0 Å². The molecule has 0 aliphatic carbocycles. The van der Waals surface area contributed by atoms with E-state index in [0.717, 1.165) is 6.54 Å². The molecule has 0 aromatic heterocycles. The van der Waals surface area contributed by atoms with E-state index >= 15 is 0 Å². The molecule has 0 fully saturated rings. The quantitative estimate of drug-likeness (QED) is 0.838. The van der Waals surface area contributed by atoms with Crippen LogP contribution in [0.3, 0.4) is 0 Å². The highest BCUT2D eigenvalue weighted by Crippen LogP contribution is 2.23. The van der Waals surface area contributed by atoms with Gasteiger partial charge in [0.05, 0.1) is 0 Å². The fourth-order valence-corrected chi connectivity index (χ4v) is 2.27. The Kier molecular flexibility index (Phi) is 8.32. The van der Waals surface area contributed by atoms with Crippen molar-refractivity contribution < 1.29 is 4.74 Å². The minimum atomic E-state index is 0. The van der Waals surface area contributed by atoms with Crippen molar-refractivity contribution in [3.63, 3.8) is 0 Å². The number of fused-ring (bicyclic) bond motifs is 1. The lowest BCUT2D eigenvalue weighted by Gasteiger charge is -2.15. The molecular weight excluding hydrogens is 294 g/mol. The third kappa shape index (κ3) is 5.20. The molecule has 0 saturated carbocycles. The first-order valence-electron chi connectivity index (χ1n) is 7.16. The Morgan fingerprint density at radius 3 is 2.77 bits per heavy atom. The van der Waals surface area contributed by atoms with Crippen molar-refractivity contribution in [2.45, 2.75) is 13.0 Å². The lowest BCUT2D eigenvalue weighted by molar-refractivity contribution is 0.240. The maximum atomic E-state index is 4.86. The third-order valence-electron chi connectivity index (χ3n) is 3.35. The summed E-state index contributed by atoms with van der Waals surface area (Å²) in [5.41, 5.74) is 1.33. The van der Waals surface area contributed by atoms with Crippen LogP contribution in [0.4, 0.5) is 0 Å². The molecule has 0 unspecified atom stereocenters. The van der Waals surface area contributed by atoms with Crippen molar-refractivity contribution in [1.29, 1.82) is 0 Å². The topological polar surface area (TPSA) is 21.3 Å². The Hall–Kier alpha value is -1.79. The van der Waals surface area contributed by atoms with Crippen LogP contribution in [0.5, 0.6) is 0 Å². The molecular formula is C19H22ClNO. The Morgan fingerprint density at radius 2 is 1.95 bits per heavy atom. The van der Waals surface area contributed by atoms with Gasteiger partial charge < -0.3 is 10.1 Å². The minimum absolute atomic E-state index is 0. The van der Waals surface area contributed by atoms with E-state index in [9.17, 15) is 0 Å². The highest BCUT2D eigenvalue weighted by molar-refractivity contribution is 5.86. The smallest absolute Gasteiger partial charge is 0.107 e. The molecule has 22 heavy (non-hydrogen) atoms. The fraction of sp³-hybridized carbons (Fsp3) is 0.263. The molecule has 1 N–H and O–H groups in total. The molecule has 1 atom stereocenters. The zero-order valence-electron chi connectivity index (χ0n) is 13.0. The van der Waals surface area contributed by atoms with E-state index in [-0.39, 0.29) is 12.4 Å². The summed E-state index contributed by atoms with van der Waals surface area (Å²) in [7, 11) is 1.64. The summed E-state index contributed by atoms with van der Waals surface area (Å²) < 4.78 is 4.86. The van der Waals surface area contributed by atoms with E-state index < -0.39 is 0 Å². The van der Waals surface area contributed by atoms with Gasteiger partial charge in [-0.15, -0.1) is 12.4 Å². The standard InChI is InChI=1S/C19H21NO.ClH/c1-16(20-14-7-3-4-8-15-21-2)18-13-9-11-17-10-5-6-12-19(17)18;/h3,5-7,9-13,16,20H,14-15H2,1-2H3;1H/b7-3+;/t16-;/m1./s1. The van der Waals surface area contributed by atoms with Crippen molar-refractivity contribution in [1.82, 2.24) is 5.32 Å². The van der Waals surface area contributed by atoms with Gasteiger partial charge in [0.1, 0.15) is 6.61 Å². The summed E-state index contributed by atoms with van der Waals surface area (Å²) in [5.74, 6) is 5.83. The molecule has 116 valence electrons. The van der Waals surface area contributed by atoms with Gasteiger partial charge in [-0.2, -0.15) is 0 Å². The number of allylic oxidation sites excluding steroid dienone is 1. The number of methoxy groups -OCH3 is 1. The molecule has 0 aliphatic rings. The maximum absolute atomic E-state index is 4.86. The molecule has 0 spiro atoms. The summed E-state index contributed by atoms with van der Waals surface area (Å²) in [5, 5.41) is 6.09. The van der Waals surface area contributed by atoms with Gasteiger partial charge in [-0.1, -0.05) is 60.4 Å². The van der Waals surface area contributed by atoms with E-state index in [1.165, 1.54) is 16.3 Å². The number of ether oxygens (including phenoxy) is 1. The number of benzene rings is 2. The van der Waals surface area contributed by atoms with Gasteiger partial charge in [-0.05, 0) is 29.3 Å². The Labute approximate surface area is 139 Å². The fourth-order valence-electron chi connectivity index (χ4n) is 2.27. The Bertz CT molecular complexity index is 664. The normalized spacial score (nSPS) is 11.7. The van der Waals surface area contributed by atoms with Crippen LogP contribution < -0.4 is 5.32 Å². The van der Waals surface area contributed by atoms with E-state index in [0.29, 0.717) is 12.6 Å². The summed E-state index contributed by atoms with van der Waals surface area (Å²) in [6.07, 6.45) is 3.89. The lowest BCUT2D eigenvalue weighted by Crippen LogP contribution is -2.18. The number of hydrogen-bond donors (Lipinski definition) is 1. The Morgan fingerprint density at radius 1 is 1.18 bits per heavy atom. The van der Waals surface area contributed by atoms with Gasteiger partial charge in [0.25, 0.3) is 0 Å². The summed E-state index contributed by atoms with van der Waals surface area (Å²) in [4.78, 5) is 0. The first-order valence-corrected chi connectivity index (χ1v) is 7.16. The van der Waals surface area contributed by atoms with E-state index in [2.05, 4.69) is 66.5 Å². The van der Waals surface area contributed by atoms with Crippen molar-refractivity contribution in [3.8, 4) is 11.8 Å². The molecule has 0 bridgehead atoms. The van der Waals surface area contributed by atoms with Gasteiger partial charge in [0.15, 0.2) is 0 Å². The number of nitrogens with one attached hydrogen (secondary N) is 1. The van der Waals surface area contributed by atoms with Crippen LogP contribution >= 0.6 is 12.4 Å². The van der Waals surface area contributed by atoms with Crippen LogP contribution in [0.25, 0.3) is 10.8 Å². The van der Waals surface area contributed by atoms with Crippen molar-refractivity contribution in [2.75, 3.05) is 20.3 Å². The number of halogens is 1. The maximum Gasteiger partial charge on any atom is 0.107 e. The molecule has 2 rings (SSSR count). The van der Waals surface area contributed by atoms with Crippen LogP contribution in [0.2, 0.25) is 0 Å².